The van der Waals surface area contributed by atoms with Crippen LogP contribution in [0, 0.1) is 0 Å². The summed E-state index contributed by atoms with van der Waals surface area (Å²) in [5, 5.41) is 9.51. The highest BCUT2D eigenvalue weighted by atomic mass is 32.2. The van der Waals surface area contributed by atoms with E-state index in [4.69, 9.17) is 5.73 Å². The summed E-state index contributed by atoms with van der Waals surface area (Å²) >= 11 is 1.19. The third kappa shape index (κ3) is 4.48. The Morgan fingerprint density at radius 1 is 1.36 bits per heavy atom. The number of nitrogen functional groups attached to an aromatic ring is 1. The molecule has 1 heterocycles. The molecule has 0 spiro atoms. The molecule has 0 bridgehead atoms. The van der Waals surface area contributed by atoms with E-state index in [1.807, 2.05) is 0 Å². The number of esters is 1. The average molecular weight is 321 g/mol. The fraction of sp³-hybridized carbons (Fsp3) is 0.231. The second-order valence-corrected chi connectivity index (χ2v) is 5.20. The number of hydrogen-bond acceptors (Lipinski definition) is 7. The summed E-state index contributed by atoms with van der Waals surface area (Å²) in [4.78, 5) is 26.9. The Bertz CT molecular complexity index is 656. The van der Waals surface area contributed by atoms with E-state index in [1.54, 1.807) is 24.3 Å². The molecule has 1 aromatic carbocycles. The first-order valence-electron chi connectivity index (χ1n) is 6.33. The van der Waals surface area contributed by atoms with Gasteiger partial charge in [-0.15, -0.1) is 5.10 Å². The first-order valence-corrected chi connectivity index (χ1v) is 7.31. The molecular formula is C13H15N5O3S. The number of aromatic amines is 1. The first-order chi connectivity index (χ1) is 10.6. The highest BCUT2D eigenvalue weighted by molar-refractivity contribution is 7.99. The zero-order chi connectivity index (χ0) is 15.9. The zero-order valence-electron chi connectivity index (χ0n) is 11.8. The summed E-state index contributed by atoms with van der Waals surface area (Å²) in [6, 6.07) is 6.82. The van der Waals surface area contributed by atoms with E-state index in [1.165, 1.54) is 18.9 Å². The monoisotopic (exact) mass is 321 g/mol. The number of thioether (sulfide) groups is 1. The molecule has 0 aliphatic rings. The Labute approximate surface area is 130 Å². The molecule has 8 nitrogen and oxygen atoms in total. The van der Waals surface area contributed by atoms with Gasteiger partial charge < -0.3 is 15.8 Å². The number of methoxy groups -OCH3 is 1. The number of nitrogens with zero attached hydrogens (tertiary/aromatic N) is 2. The summed E-state index contributed by atoms with van der Waals surface area (Å²) in [5.74, 6) is -0.130. The number of ether oxygens (including phenoxy) is 1. The second kappa shape index (κ2) is 7.46. The van der Waals surface area contributed by atoms with Crippen LogP contribution in [0.2, 0.25) is 0 Å². The fourth-order valence-electron chi connectivity index (χ4n) is 1.58. The molecule has 22 heavy (non-hydrogen) atoms. The van der Waals surface area contributed by atoms with E-state index < -0.39 is 5.97 Å². The number of aromatic nitrogens is 3. The lowest BCUT2D eigenvalue weighted by Crippen LogP contribution is -2.24. The van der Waals surface area contributed by atoms with E-state index in [-0.39, 0.29) is 17.6 Å². The Balaban J connectivity index is 1.77. The smallest absolute Gasteiger partial charge is 0.337 e. The molecule has 1 amide bonds. The van der Waals surface area contributed by atoms with Gasteiger partial charge in [0.1, 0.15) is 0 Å². The van der Waals surface area contributed by atoms with Crippen LogP contribution in [-0.2, 0) is 16.1 Å². The standard InChI is InChI=1S/C13H15N5O3S/c1-21-11(20)9-4-2-8(3-5-9)6-15-10(19)7-22-13-16-12(14)17-18-13/h2-5H,6-7H2,1H3,(H,15,19)(H3,14,16,17,18). The van der Waals surface area contributed by atoms with Crippen molar-refractivity contribution < 1.29 is 14.3 Å². The van der Waals surface area contributed by atoms with Gasteiger partial charge >= 0.3 is 5.97 Å². The first kappa shape index (κ1) is 15.8. The molecule has 0 saturated heterocycles. The van der Waals surface area contributed by atoms with Gasteiger partial charge in [-0.05, 0) is 17.7 Å². The Kier molecular flexibility index (Phi) is 5.37. The fourth-order valence-corrected chi connectivity index (χ4v) is 2.22. The summed E-state index contributed by atoms with van der Waals surface area (Å²) < 4.78 is 4.62. The van der Waals surface area contributed by atoms with Gasteiger partial charge in [0, 0.05) is 6.54 Å². The van der Waals surface area contributed by atoms with Crippen LogP contribution in [-0.4, -0.2) is 39.9 Å². The number of H-pyrrole nitrogens is 1. The van der Waals surface area contributed by atoms with E-state index in [2.05, 4.69) is 25.2 Å². The van der Waals surface area contributed by atoms with Crippen LogP contribution in [0.3, 0.4) is 0 Å². The lowest BCUT2D eigenvalue weighted by Gasteiger charge is -2.05. The van der Waals surface area contributed by atoms with Gasteiger partial charge in [0.2, 0.25) is 17.0 Å². The molecule has 4 N–H and O–H groups in total. The highest BCUT2D eigenvalue weighted by Gasteiger charge is 2.07. The molecule has 0 radical (unpaired) electrons. The molecule has 116 valence electrons. The Morgan fingerprint density at radius 2 is 2.09 bits per heavy atom. The number of nitrogens with one attached hydrogen (secondary N) is 2. The van der Waals surface area contributed by atoms with Crippen molar-refractivity contribution in [1.29, 1.82) is 0 Å². The highest BCUT2D eigenvalue weighted by Crippen LogP contribution is 2.12. The SMILES string of the molecule is COC(=O)c1ccc(CNC(=O)CSc2n[nH]c(N)n2)cc1. The second-order valence-electron chi connectivity index (χ2n) is 4.26. The summed E-state index contributed by atoms with van der Waals surface area (Å²) in [6.45, 7) is 0.372. The van der Waals surface area contributed by atoms with Crippen molar-refractivity contribution in [3.63, 3.8) is 0 Å². The number of anilines is 1. The maximum absolute atomic E-state index is 11.7. The summed E-state index contributed by atoms with van der Waals surface area (Å²) in [5.41, 5.74) is 6.74. The lowest BCUT2D eigenvalue weighted by molar-refractivity contribution is -0.118. The molecular weight excluding hydrogens is 306 g/mol. The van der Waals surface area contributed by atoms with Gasteiger partial charge in [-0.3, -0.25) is 4.79 Å². The van der Waals surface area contributed by atoms with Crippen LogP contribution in [0.4, 0.5) is 5.95 Å². The zero-order valence-corrected chi connectivity index (χ0v) is 12.6. The van der Waals surface area contributed by atoms with Gasteiger partial charge in [0.25, 0.3) is 0 Å². The van der Waals surface area contributed by atoms with Gasteiger partial charge in [-0.25, -0.2) is 9.89 Å². The van der Waals surface area contributed by atoms with Crippen LogP contribution >= 0.6 is 11.8 Å². The molecule has 9 heteroatoms. The number of carbonyl (C=O) groups excluding carboxylic acids is 2. The maximum atomic E-state index is 11.7. The molecule has 2 rings (SSSR count). The molecule has 0 saturated carbocycles. The maximum Gasteiger partial charge on any atom is 0.337 e. The van der Waals surface area contributed by atoms with Crippen molar-refractivity contribution in [3.05, 3.63) is 35.4 Å². The van der Waals surface area contributed by atoms with E-state index >= 15 is 0 Å². The van der Waals surface area contributed by atoms with Crippen molar-refractivity contribution in [1.82, 2.24) is 20.5 Å². The van der Waals surface area contributed by atoms with Crippen molar-refractivity contribution in [2.75, 3.05) is 18.6 Å². The molecule has 0 atom stereocenters. The van der Waals surface area contributed by atoms with Crippen LogP contribution in [0.25, 0.3) is 0 Å². The minimum absolute atomic E-state index is 0.148. The van der Waals surface area contributed by atoms with Crippen molar-refractivity contribution in [2.24, 2.45) is 0 Å². The number of carbonyl (C=O) groups is 2. The van der Waals surface area contributed by atoms with Gasteiger partial charge in [0.15, 0.2) is 0 Å². The van der Waals surface area contributed by atoms with Crippen LogP contribution in [0.5, 0.6) is 0 Å². The number of benzene rings is 1. The van der Waals surface area contributed by atoms with E-state index in [9.17, 15) is 9.59 Å². The Hall–Kier alpha value is -2.55. The Morgan fingerprint density at radius 3 is 2.68 bits per heavy atom. The summed E-state index contributed by atoms with van der Waals surface area (Å²) in [7, 11) is 1.33. The summed E-state index contributed by atoms with van der Waals surface area (Å²) in [6.07, 6.45) is 0. The molecule has 0 aliphatic carbocycles. The number of amides is 1. The van der Waals surface area contributed by atoms with Crippen molar-refractivity contribution in [2.45, 2.75) is 11.7 Å². The minimum atomic E-state index is -0.391. The quantitative estimate of drug-likeness (QED) is 0.525. The minimum Gasteiger partial charge on any atom is -0.465 e. The van der Waals surface area contributed by atoms with Gasteiger partial charge in [-0.2, -0.15) is 4.98 Å². The molecule has 0 unspecified atom stereocenters. The third-order valence-corrected chi connectivity index (χ3v) is 3.53. The number of nitrogens with two attached hydrogens (primary N) is 1. The normalized spacial score (nSPS) is 10.2. The topological polar surface area (TPSA) is 123 Å². The average Bonchev–Trinajstić information content (AvgIpc) is 2.96. The van der Waals surface area contributed by atoms with Crippen molar-refractivity contribution >= 4 is 29.6 Å². The van der Waals surface area contributed by atoms with Gasteiger partial charge in [0.05, 0.1) is 18.4 Å². The van der Waals surface area contributed by atoms with Crippen LogP contribution in [0.15, 0.2) is 29.4 Å². The predicted molar refractivity (Wildman–Crippen MR) is 81.1 cm³/mol. The van der Waals surface area contributed by atoms with Crippen molar-refractivity contribution in [3.8, 4) is 0 Å². The van der Waals surface area contributed by atoms with Crippen LogP contribution < -0.4 is 11.1 Å². The molecule has 1 aromatic heterocycles. The largest absolute Gasteiger partial charge is 0.465 e. The van der Waals surface area contributed by atoms with E-state index in [0.29, 0.717) is 17.3 Å². The van der Waals surface area contributed by atoms with Gasteiger partial charge in [-0.1, -0.05) is 23.9 Å². The molecule has 2 aromatic rings. The lowest BCUT2D eigenvalue weighted by atomic mass is 10.1. The molecule has 0 aliphatic heterocycles. The van der Waals surface area contributed by atoms with E-state index in [0.717, 1.165) is 5.56 Å². The molecule has 0 fully saturated rings. The van der Waals surface area contributed by atoms with Crippen LogP contribution in [0.1, 0.15) is 15.9 Å². The third-order valence-electron chi connectivity index (χ3n) is 2.68. The number of hydrogen-bond donors (Lipinski definition) is 3. The number of rotatable bonds is 6. The predicted octanol–water partition coefficient (Wildman–Crippen LogP) is 0.582.